The second-order valence-corrected chi connectivity index (χ2v) is 7.02. The van der Waals surface area contributed by atoms with Gasteiger partial charge in [-0.15, -0.1) is 0 Å². The van der Waals surface area contributed by atoms with Crippen LogP contribution in [0.1, 0.15) is 15.9 Å². The number of amides is 1. The van der Waals surface area contributed by atoms with Gasteiger partial charge in [-0.2, -0.15) is 0 Å². The number of rotatable bonds is 6. The van der Waals surface area contributed by atoms with Gasteiger partial charge in [0.25, 0.3) is 5.91 Å². The summed E-state index contributed by atoms with van der Waals surface area (Å²) in [4.78, 5) is 15.2. The van der Waals surface area contributed by atoms with Crippen LogP contribution >= 0.6 is 0 Å². The fourth-order valence-corrected chi connectivity index (χ4v) is 3.39. The minimum atomic E-state index is -0.0309. The molecule has 0 unspecified atom stereocenters. The average Bonchev–Trinajstić information content (AvgIpc) is 2.84. The van der Waals surface area contributed by atoms with Crippen molar-refractivity contribution >= 4 is 11.6 Å². The van der Waals surface area contributed by atoms with Gasteiger partial charge in [0, 0.05) is 11.3 Å². The van der Waals surface area contributed by atoms with Crippen LogP contribution in [0.3, 0.4) is 0 Å². The molecule has 1 amide bonds. The van der Waals surface area contributed by atoms with Crippen LogP contribution in [0.2, 0.25) is 0 Å². The van der Waals surface area contributed by atoms with Crippen LogP contribution in [-0.4, -0.2) is 13.0 Å². The normalized spacial score (nSPS) is 10.4. The van der Waals surface area contributed by atoms with E-state index in [4.69, 9.17) is 4.74 Å². The lowest BCUT2D eigenvalue weighted by Crippen LogP contribution is -2.30. The van der Waals surface area contributed by atoms with E-state index in [-0.39, 0.29) is 5.91 Å². The highest BCUT2D eigenvalue weighted by atomic mass is 16.5. The maximum Gasteiger partial charge on any atom is 0.258 e. The van der Waals surface area contributed by atoms with Gasteiger partial charge in [-0.3, -0.25) is 4.79 Å². The lowest BCUT2D eigenvalue weighted by molar-refractivity contribution is 0.0985. The number of hydrogen-bond donors (Lipinski definition) is 0. The Balaban J connectivity index is 1.62. The van der Waals surface area contributed by atoms with Gasteiger partial charge in [0.05, 0.1) is 13.7 Å². The smallest absolute Gasteiger partial charge is 0.258 e. The molecule has 3 heteroatoms. The fraction of sp³-hybridized carbons (Fsp3) is 0.0741. The lowest BCUT2D eigenvalue weighted by atomic mass is 10.0. The maximum absolute atomic E-state index is 13.4. The van der Waals surface area contributed by atoms with Crippen LogP contribution < -0.4 is 9.64 Å². The third kappa shape index (κ3) is 4.41. The Kier molecular flexibility index (Phi) is 5.90. The largest absolute Gasteiger partial charge is 0.497 e. The summed E-state index contributed by atoms with van der Waals surface area (Å²) in [5.74, 6) is 0.768. The molecule has 0 bridgehead atoms. The van der Waals surface area contributed by atoms with E-state index in [0.717, 1.165) is 28.1 Å². The van der Waals surface area contributed by atoms with Crippen LogP contribution in [-0.2, 0) is 6.54 Å². The predicted molar refractivity (Wildman–Crippen MR) is 122 cm³/mol. The summed E-state index contributed by atoms with van der Waals surface area (Å²) < 4.78 is 5.24. The second kappa shape index (κ2) is 9.10. The molecular weight excluding hydrogens is 370 g/mol. The fourth-order valence-electron chi connectivity index (χ4n) is 3.39. The van der Waals surface area contributed by atoms with Gasteiger partial charge < -0.3 is 9.64 Å². The van der Waals surface area contributed by atoms with Gasteiger partial charge >= 0.3 is 0 Å². The van der Waals surface area contributed by atoms with E-state index in [1.165, 1.54) is 0 Å². The number of anilines is 1. The molecule has 4 aromatic rings. The van der Waals surface area contributed by atoms with Crippen molar-refractivity contribution in [3.8, 4) is 16.9 Å². The molecule has 0 aromatic heterocycles. The zero-order chi connectivity index (χ0) is 20.8. The number of nitrogens with zero attached hydrogens (tertiary/aromatic N) is 1. The maximum atomic E-state index is 13.4. The SMILES string of the molecule is COc1ccc(CN(C(=O)c2ccc(-c3ccccc3)cc2)c2ccccc2)cc1. The molecule has 0 heterocycles. The summed E-state index contributed by atoms with van der Waals surface area (Å²) in [5, 5.41) is 0. The van der Waals surface area contributed by atoms with Gasteiger partial charge in [-0.1, -0.05) is 72.8 Å². The van der Waals surface area contributed by atoms with Gasteiger partial charge in [-0.25, -0.2) is 0 Å². The zero-order valence-corrected chi connectivity index (χ0v) is 16.9. The van der Waals surface area contributed by atoms with Gasteiger partial charge in [0.1, 0.15) is 5.75 Å². The van der Waals surface area contributed by atoms with E-state index in [9.17, 15) is 4.79 Å². The average molecular weight is 393 g/mol. The molecule has 3 nitrogen and oxygen atoms in total. The number of hydrogen-bond acceptors (Lipinski definition) is 2. The van der Waals surface area contributed by atoms with Crippen molar-refractivity contribution in [2.45, 2.75) is 6.54 Å². The third-order valence-corrected chi connectivity index (χ3v) is 5.05. The summed E-state index contributed by atoms with van der Waals surface area (Å²) in [7, 11) is 1.65. The van der Waals surface area contributed by atoms with Crippen molar-refractivity contribution in [2.75, 3.05) is 12.0 Å². The van der Waals surface area contributed by atoms with Crippen molar-refractivity contribution in [3.63, 3.8) is 0 Å². The monoisotopic (exact) mass is 393 g/mol. The number of carbonyl (C=O) groups is 1. The van der Waals surface area contributed by atoms with Crippen LogP contribution in [0.15, 0.2) is 109 Å². The Morgan fingerprint density at radius 2 is 1.27 bits per heavy atom. The molecule has 0 spiro atoms. The Morgan fingerprint density at radius 1 is 0.700 bits per heavy atom. The predicted octanol–water partition coefficient (Wildman–Crippen LogP) is 6.21. The van der Waals surface area contributed by atoms with Gasteiger partial charge in [-0.05, 0) is 53.1 Å². The molecule has 30 heavy (non-hydrogen) atoms. The Bertz CT molecular complexity index is 1090. The van der Waals surface area contributed by atoms with Crippen molar-refractivity contribution in [3.05, 3.63) is 120 Å². The third-order valence-electron chi connectivity index (χ3n) is 5.05. The molecule has 4 rings (SSSR count). The summed E-state index contributed by atoms with van der Waals surface area (Å²) in [6, 6.07) is 35.5. The molecule has 0 radical (unpaired) electrons. The Morgan fingerprint density at radius 3 is 1.87 bits per heavy atom. The molecule has 0 aliphatic carbocycles. The highest BCUT2D eigenvalue weighted by Gasteiger charge is 2.18. The van der Waals surface area contributed by atoms with Crippen molar-refractivity contribution < 1.29 is 9.53 Å². The summed E-state index contributed by atoms with van der Waals surface area (Å²) in [5.41, 5.74) is 4.79. The molecular formula is C27H23NO2. The van der Waals surface area contributed by atoms with E-state index >= 15 is 0 Å². The number of carbonyl (C=O) groups excluding carboxylic acids is 1. The first-order valence-electron chi connectivity index (χ1n) is 9.90. The summed E-state index contributed by atoms with van der Waals surface area (Å²) >= 11 is 0. The van der Waals surface area contributed by atoms with Crippen LogP contribution in [0.25, 0.3) is 11.1 Å². The Hall–Kier alpha value is -3.85. The molecule has 0 N–H and O–H groups in total. The summed E-state index contributed by atoms with van der Waals surface area (Å²) in [6.45, 7) is 0.479. The van der Waals surface area contributed by atoms with Crippen molar-refractivity contribution in [2.24, 2.45) is 0 Å². The molecule has 0 atom stereocenters. The molecule has 0 fully saturated rings. The molecule has 0 saturated heterocycles. The topological polar surface area (TPSA) is 29.5 Å². The van der Waals surface area contributed by atoms with Crippen molar-refractivity contribution in [1.29, 1.82) is 0 Å². The minimum Gasteiger partial charge on any atom is -0.497 e. The number of ether oxygens (including phenoxy) is 1. The highest BCUT2D eigenvalue weighted by Crippen LogP contribution is 2.24. The van der Waals surface area contributed by atoms with Gasteiger partial charge in [0.15, 0.2) is 0 Å². The molecule has 4 aromatic carbocycles. The standard InChI is InChI=1S/C27H23NO2/c1-30-26-18-12-21(13-19-26)20-28(25-10-6-3-7-11-25)27(29)24-16-14-23(15-17-24)22-8-4-2-5-9-22/h2-19H,20H2,1H3. The van der Waals surface area contributed by atoms with E-state index in [0.29, 0.717) is 12.1 Å². The van der Waals surface area contributed by atoms with E-state index in [1.807, 2.05) is 97.1 Å². The van der Waals surface area contributed by atoms with Crippen molar-refractivity contribution in [1.82, 2.24) is 0 Å². The van der Waals surface area contributed by atoms with Gasteiger partial charge in [0.2, 0.25) is 0 Å². The zero-order valence-electron chi connectivity index (χ0n) is 16.9. The molecule has 148 valence electrons. The van der Waals surface area contributed by atoms with E-state index in [2.05, 4.69) is 12.1 Å². The molecule has 0 saturated carbocycles. The second-order valence-electron chi connectivity index (χ2n) is 7.02. The number of para-hydroxylation sites is 1. The molecule has 0 aliphatic heterocycles. The van der Waals surface area contributed by atoms with Crippen LogP contribution in [0.4, 0.5) is 5.69 Å². The highest BCUT2D eigenvalue weighted by molar-refractivity contribution is 6.06. The molecule has 0 aliphatic rings. The van der Waals surface area contributed by atoms with E-state index < -0.39 is 0 Å². The first-order valence-corrected chi connectivity index (χ1v) is 9.90. The summed E-state index contributed by atoms with van der Waals surface area (Å²) in [6.07, 6.45) is 0. The van der Waals surface area contributed by atoms with E-state index in [1.54, 1.807) is 12.0 Å². The number of methoxy groups -OCH3 is 1. The lowest BCUT2D eigenvalue weighted by Gasteiger charge is -2.23. The quantitative estimate of drug-likeness (QED) is 0.390. The van der Waals surface area contributed by atoms with Crippen LogP contribution in [0, 0.1) is 0 Å². The first-order chi connectivity index (χ1) is 14.7. The first kappa shape index (κ1) is 19.5. The number of benzene rings is 4. The van der Waals surface area contributed by atoms with Crippen LogP contribution in [0.5, 0.6) is 5.75 Å². The minimum absolute atomic E-state index is 0.0309. The Labute approximate surface area is 177 Å².